The largest absolute Gasteiger partial charge is 0.480 e. The zero-order valence-corrected chi connectivity index (χ0v) is 52.6. The molecule has 0 radical (unpaired) electrons. The zero-order valence-electron chi connectivity index (χ0n) is 49.4. The fraction of sp³-hybridized carbons (Fsp3) is 0.615. The van der Waals surface area contributed by atoms with Gasteiger partial charge in [0, 0.05) is 72.2 Å². The van der Waals surface area contributed by atoms with E-state index in [2.05, 4.69) is 116 Å². The van der Waals surface area contributed by atoms with Gasteiger partial charge >= 0.3 is 22.0 Å². The second kappa shape index (κ2) is 34.1. The minimum atomic E-state index is -6.72. The molecule has 92 heavy (non-hydrogen) atoms. The van der Waals surface area contributed by atoms with Gasteiger partial charge in [0.15, 0.2) is 141 Å². The maximum atomic E-state index is 11.4. The summed E-state index contributed by atoms with van der Waals surface area (Å²) in [5.74, 6) is 1.25. The Hall–Kier alpha value is -4.92. The van der Waals surface area contributed by atoms with Crippen molar-refractivity contribution >= 4 is 40.1 Å². The zero-order chi connectivity index (χ0) is 68.4. The summed E-state index contributed by atoms with van der Waals surface area (Å²) >= 11 is 0. The van der Waals surface area contributed by atoms with Crippen LogP contribution < -0.4 is 18.3 Å². The molecule has 8 heterocycles. The Morgan fingerprint density at radius 1 is 0.337 bits per heavy atom. The lowest BCUT2D eigenvalue weighted by atomic mass is 10.0. The summed E-state index contributed by atoms with van der Waals surface area (Å²) in [4.78, 5) is 0. The molecule has 0 atom stereocenters. The molecule has 24 nitrogen and oxygen atoms in total. The van der Waals surface area contributed by atoms with Crippen LogP contribution in [0.3, 0.4) is 0 Å². The molecule has 0 unspecified atom stereocenters. The Labute approximate surface area is 522 Å². The number of hydrogen-bond donors (Lipinski definition) is 0. The maximum absolute atomic E-state index is 11.4. The molecule has 0 amide bonds. The fourth-order valence-electron chi connectivity index (χ4n) is 8.04. The molecule has 520 valence electrons. The Morgan fingerprint density at radius 3 is 0.630 bits per heavy atom. The van der Waals surface area contributed by atoms with E-state index in [1.807, 2.05) is 27.7 Å². The van der Waals surface area contributed by atoms with Gasteiger partial charge in [0.2, 0.25) is 0 Å². The van der Waals surface area contributed by atoms with Crippen LogP contribution in [0.1, 0.15) is 73.6 Å². The summed E-state index contributed by atoms with van der Waals surface area (Å²) in [5.41, 5.74) is -19.8. The van der Waals surface area contributed by atoms with Gasteiger partial charge in [-0.2, -0.15) is 52.7 Å². The van der Waals surface area contributed by atoms with Gasteiger partial charge in [0.1, 0.15) is 26.4 Å². The first-order valence-corrected chi connectivity index (χ1v) is 33.3. The van der Waals surface area contributed by atoms with E-state index < -0.39 is 62.1 Å². The normalized spacial score (nSPS) is 23.0. The first-order chi connectivity index (χ1) is 42.8. The number of hydrogen-bond acceptors (Lipinski definition) is 18. The van der Waals surface area contributed by atoms with Crippen molar-refractivity contribution in [1.29, 1.82) is 0 Å². The fourth-order valence-corrected chi connectivity index (χ4v) is 11.5. The van der Waals surface area contributed by atoms with Gasteiger partial charge in [-0.1, -0.05) is 0 Å². The molecule has 4 aromatic heterocycles. The Kier molecular flexibility index (Phi) is 28.9. The highest BCUT2D eigenvalue weighted by atomic mass is 32.3. The summed E-state index contributed by atoms with van der Waals surface area (Å²) in [6, 6.07) is 17.2. The van der Waals surface area contributed by atoms with Crippen molar-refractivity contribution in [2.24, 2.45) is 0 Å². The van der Waals surface area contributed by atoms with E-state index in [1.54, 1.807) is 0 Å². The number of pyridine rings is 4. The third-order valence-corrected chi connectivity index (χ3v) is 18.8. The first-order valence-electron chi connectivity index (χ1n) is 27.5. The predicted molar refractivity (Wildman–Crippen MR) is 291 cm³/mol. The number of ether oxygens (including phenoxy) is 10. The average Bonchev–Trinajstić information content (AvgIpc) is 0.811. The Balaban J connectivity index is 0.000000237. The van der Waals surface area contributed by atoms with Crippen molar-refractivity contribution in [2.45, 2.75) is 125 Å². The SMILES string of the molecule is CC1OCC(c2cc[n+](CCOCC[n+]3ccc(C4COC(C)OC4)cc3)cc2)CO1.CC1OCC(c2cc[n+](CCOCC[n+]3ccc(C4COC(C)OC4)cc3)cc2)CO1.O=S(=O)([N-]S(=O)(=O)C(F)(F)F)C(F)(F)F.O=S(=O)([N-]S(=O)(=O)C(F)(F)F)C(F)(F)F. The van der Waals surface area contributed by atoms with Gasteiger partial charge in [0.25, 0.3) is 0 Å². The molecule has 0 bridgehead atoms. The van der Waals surface area contributed by atoms with Crippen LogP contribution in [0, 0.1) is 0 Å². The van der Waals surface area contributed by atoms with Crippen LogP contribution in [0.5, 0.6) is 0 Å². The molecule has 0 aliphatic carbocycles. The van der Waals surface area contributed by atoms with Crippen molar-refractivity contribution in [3.05, 3.63) is 129 Å². The van der Waals surface area contributed by atoms with Crippen molar-refractivity contribution in [2.75, 3.05) is 79.3 Å². The van der Waals surface area contributed by atoms with Crippen LogP contribution in [0.2, 0.25) is 0 Å². The quantitative estimate of drug-likeness (QED) is 0.0559. The lowest BCUT2D eigenvalue weighted by molar-refractivity contribution is -0.705. The second-order valence-corrected chi connectivity index (χ2v) is 27.1. The molecule has 40 heteroatoms. The van der Waals surface area contributed by atoms with Crippen LogP contribution in [-0.2, 0) is 114 Å². The number of halogens is 12. The standard InChI is InChI=1S/2C24H34N2O5.2C2F6NO4S2/c2*1-19-28-15-23(16-29-19)21-3-7-25(8-4-21)11-13-27-14-12-26-9-5-22(6-10-26)24-17-30-20(2)31-18-24;2*3-1(4,5)14(10,11)9-15(12,13)2(6,7)8/h2*3-10,19-20,23-24H,11-18H2,1-2H3;;/q2*+2;2*-1. The summed E-state index contributed by atoms with van der Waals surface area (Å²) < 4.78 is 283. The summed E-state index contributed by atoms with van der Waals surface area (Å²) in [5, 5.41) is 0. The van der Waals surface area contributed by atoms with Crippen LogP contribution >= 0.6 is 0 Å². The van der Waals surface area contributed by atoms with Crippen molar-refractivity contribution < 1.29 is 152 Å². The van der Waals surface area contributed by atoms with E-state index in [4.69, 9.17) is 47.4 Å². The molecule has 0 N–H and O–H groups in total. The minimum absolute atomic E-state index is 0.0943. The summed E-state index contributed by atoms with van der Waals surface area (Å²) in [6.45, 7) is 19.5. The van der Waals surface area contributed by atoms with Crippen LogP contribution in [0.25, 0.3) is 8.25 Å². The van der Waals surface area contributed by atoms with E-state index in [0.717, 1.165) is 34.4 Å². The molecule has 0 spiro atoms. The van der Waals surface area contributed by atoms with Crippen LogP contribution in [0.15, 0.2) is 98.1 Å². The number of rotatable bonds is 20. The summed E-state index contributed by atoms with van der Waals surface area (Å²) in [7, 11) is -26.9. The van der Waals surface area contributed by atoms with Gasteiger partial charge in [0.05, 0.1) is 52.9 Å². The molecular weight excluding hydrogens is 1350 g/mol. The topological polar surface area (TPSA) is 273 Å². The van der Waals surface area contributed by atoms with Crippen molar-refractivity contribution in [3.8, 4) is 0 Å². The third kappa shape index (κ3) is 25.0. The van der Waals surface area contributed by atoms with E-state index in [9.17, 15) is 86.4 Å². The summed E-state index contributed by atoms with van der Waals surface area (Å²) in [6.07, 6.45) is 16.4. The predicted octanol–water partition coefficient (Wildman–Crippen LogP) is 5.98. The molecule has 4 aliphatic rings. The van der Waals surface area contributed by atoms with E-state index in [1.165, 1.54) is 22.3 Å². The Bertz CT molecular complexity index is 2890. The molecule has 8 rings (SSSR count). The molecule has 0 aromatic carbocycles. The first kappa shape index (κ1) is 77.8. The minimum Gasteiger partial charge on any atom is -0.421 e. The molecule has 4 aromatic rings. The van der Waals surface area contributed by atoms with Gasteiger partial charge in [-0.3, -0.25) is 0 Å². The Morgan fingerprint density at radius 2 is 0.489 bits per heavy atom. The van der Waals surface area contributed by atoms with Crippen LogP contribution in [-0.4, -0.2) is 160 Å². The average molecular weight is 1420 g/mol. The highest BCUT2D eigenvalue weighted by molar-refractivity contribution is 8.13. The maximum Gasteiger partial charge on any atom is 0.480 e. The van der Waals surface area contributed by atoms with Gasteiger partial charge in [-0.05, 0) is 49.9 Å². The van der Waals surface area contributed by atoms with Gasteiger partial charge in [-0.15, -0.1) is 0 Å². The molecule has 0 saturated carbocycles. The number of sulfonamides is 4. The van der Waals surface area contributed by atoms with Gasteiger partial charge < -0.3 is 55.6 Å². The van der Waals surface area contributed by atoms with Crippen molar-refractivity contribution in [1.82, 2.24) is 0 Å². The lowest BCUT2D eigenvalue weighted by Gasteiger charge is -2.27. The number of alkyl halides is 12. The number of nitrogens with zero attached hydrogens (tertiary/aromatic N) is 6. The van der Waals surface area contributed by atoms with Gasteiger partial charge in [-0.25, -0.2) is 51.9 Å². The highest BCUT2D eigenvalue weighted by Gasteiger charge is 2.48. The molecule has 4 aliphatic heterocycles. The van der Waals surface area contributed by atoms with Crippen LogP contribution in [0.4, 0.5) is 52.7 Å². The molecule has 4 saturated heterocycles. The highest BCUT2D eigenvalue weighted by Crippen LogP contribution is 2.38. The smallest absolute Gasteiger partial charge is 0.421 e. The third-order valence-electron chi connectivity index (χ3n) is 13.3. The number of aromatic nitrogens is 4. The molecular formula is C52H68F12N6O18S4+2. The van der Waals surface area contributed by atoms with E-state index in [-0.39, 0.29) is 25.2 Å². The van der Waals surface area contributed by atoms with Crippen molar-refractivity contribution in [3.63, 3.8) is 0 Å². The second-order valence-electron chi connectivity index (χ2n) is 20.3. The molecule has 4 fully saturated rings. The lowest BCUT2D eigenvalue weighted by Crippen LogP contribution is -2.38. The van der Waals surface area contributed by atoms with E-state index >= 15 is 0 Å². The van der Waals surface area contributed by atoms with E-state index in [0.29, 0.717) is 103 Å². The monoisotopic (exact) mass is 1420 g/mol.